The van der Waals surface area contributed by atoms with Gasteiger partial charge in [-0.05, 0) is 32.6 Å². The van der Waals surface area contributed by atoms with Crippen LogP contribution in [0.1, 0.15) is 53.7 Å². The van der Waals surface area contributed by atoms with E-state index < -0.39 is 0 Å². The first-order chi connectivity index (χ1) is 10.5. The fourth-order valence-electron chi connectivity index (χ4n) is 2.94. The van der Waals surface area contributed by atoms with Crippen LogP contribution in [0.25, 0.3) is 0 Å². The molecule has 6 heteroatoms. The van der Waals surface area contributed by atoms with Crippen LogP contribution >= 0.6 is 0 Å². The van der Waals surface area contributed by atoms with E-state index in [-0.39, 0.29) is 17.7 Å². The summed E-state index contributed by atoms with van der Waals surface area (Å²) in [5, 5.41) is 0. The third-order valence-corrected chi connectivity index (χ3v) is 4.50. The summed E-state index contributed by atoms with van der Waals surface area (Å²) in [4.78, 5) is 32.0. The monoisotopic (exact) mass is 305 g/mol. The molecule has 1 saturated heterocycles. The molecule has 1 aromatic heterocycles. The van der Waals surface area contributed by atoms with Crippen molar-refractivity contribution in [3.05, 3.63) is 17.3 Å². The molecule has 120 valence electrons. The molecule has 2 heterocycles. The minimum absolute atomic E-state index is 0.131. The quantitative estimate of drug-likeness (QED) is 0.854. The van der Waals surface area contributed by atoms with Crippen molar-refractivity contribution in [2.75, 3.05) is 27.2 Å². The largest absolute Gasteiger partial charge is 0.445 e. The van der Waals surface area contributed by atoms with Crippen LogP contribution in [0.5, 0.6) is 0 Å². The molecule has 0 bridgehead atoms. The molecular formula is C16H23N3O3. The van der Waals surface area contributed by atoms with Crippen molar-refractivity contribution in [2.45, 2.75) is 38.5 Å². The first kappa shape index (κ1) is 15.1. The molecule has 0 radical (unpaired) electrons. The number of hydrogen-bond donors (Lipinski definition) is 0. The van der Waals surface area contributed by atoms with E-state index >= 15 is 0 Å². The predicted octanol–water partition coefficient (Wildman–Crippen LogP) is 1.80. The fourth-order valence-corrected chi connectivity index (χ4v) is 2.94. The van der Waals surface area contributed by atoms with Gasteiger partial charge in [-0.2, -0.15) is 0 Å². The summed E-state index contributed by atoms with van der Waals surface area (Å²) in [6.07, 6.45) is 3.81. The van der Waals surface area contributed by atoms with Gasteiger partial charge in [-0.25, -0.2) is 4.98 Å². The molecule has 2 fully saturated rings. The first-order valence-corrected chi connectivity index (χ1v) is 7.95. The van der Waals surface area contributed by atoms with Gasteiger partial charge in [0.2, 0.25) is 5.91 Å². The van der Waals surface area contributed by atoms with Crippen molar-refractivity contribution in [2.24, 2.45) is 5.92 Å². The van der Waals surface area contributed by atoms with E-state index in [0.29, 0.717) is 23.3 Å². The van der Waals surface area contributed by atoms with Gasteiger partial charge in [-0.3, -0.25) is 9.59 Å². The van der Waals surface area contributed by atoms with Crippen LogP contribution in [0.2, 0.25) is 0 Å². The third-order valence-electron chi connectivity index (χ3n) is 4.50. The highest BCUT2D eigenvalue weighted by Gasteiger charge is 2.36. The average Bonchev–Trinajstić information content (AvgIpc) is 3.28. The number of amides is 2. The second-order valence-corrected chi connectivity index (χ2v) is 6.53. The summed E-state index contributed by atoms with van der Waals surface area (Å²) in [5.74, 6) is 1.88. The summed E-state index contributed by atoms with van der Waals surface area (Å²) in [6.45, 7) is 3.30. The molecule has 1 aliphatic heterocycles. The van der Waals surface area contributed by atoms with Crippen molar-refractivity contribution in [1.29, 1.82) is 0 Å². The van der Waals surface area contributed by atoms with Crippen LogP contribution in [-0.2, 0) is 4.79 Å². The molecular weight excluding hydrogens is 282 g/mol. The molecule has 2 amide bonds. The first-order valence-electron chi connectivity index (χ1n) is 7.95. The number of likely N-dealkylation sites (tertiary alicyclic amines) is 1. The zero-order valence-corrected chi connectivity index (χ0v) is 13.5. The van der Waals surface area contributed by atoms with E-state index in [1.54, 1.807) is 21.0 Å². The number of aromatic nitrogens is 1. The molecule has 0 spiro atoms. The lowest BCUT2D eigenvalue weighted by Crippen LogP contribution is -2.38. The second kappa shape index (κ2) is 5.74. The van der Waals surface area contributed by atoms with E-state index in [1.807, 2.05) is 4.90 Å². The van der Waals surface area contributed by atoms with Crippen LogP contribution < -0.4 is 0 Å². The predicted molar refractivity (Wildman–Crippen MR) is 80.5 cm³/mol. The van der Waals surface area contributed by atoms with Gasteiger partial charge in [0.1, 0.15) is 5.76 Å². The van der Waals surface area contributed by atoms with Gasteiger partial charge >= 0.3 is 0 Å². The lowest BCUT2D eigenvalue weighted by molar-refractivity contribution is -0.133. The number of carbonyl (C=O) groups is 2. The zero-order chi connectivity index (χ0) is 15.9. The molecule has 1 aliphatic carbocycles. The second-order valence-electron chi connectivity index (χ2n) is 6.53. The van der Waals surface area contributed by atoms with Gasteiger partial charge in [0, 0.05) is 39.0 Å². The summed E-state index contributed by atoms with van der Waals surface area (Å²) >= 11 is 0. The number of oxazole rings is 1. The molecule has 0 N–H and O–H groups in total. The summed E-state index contributed by atoms with van der Waals surface area (Å²) in [7, 11) is 3.41. The highest BCUT2D eigenvalue weighted by molar-refractivity contribution is 5.92. The molecule has 6 nitrogen and oxygen atoms in total. The average molecular weight is 305 g/mol. The molecule has 1 aromatic rings. The Hall–Kier alpha value is -1.85. The SMILES string of the molecule is Cc1oc(C2CCN(C(=O)C3CC3)CC2)nc1C(=O)N(C)C. The minimum Gasteiger partial charge on any atom is -0.445 e. The van der Waals surface area contributed by atoms with Gasteiger partial charge in [-0.1, -0.05) is 0 Å². The normalized spacial score (nSPS) is 19.3. The number of nitrogens with zero attached hydrogens (tertiary/aromatic N) is 3. The van der Waals surface area contributed by atoms with Crippen molar-refractivity contribution in [1.82, 2.24) is 14.8 Å². The summed E-state index contributed by atoms with van der Waals surface area (Å²) in [5.41, 5.74) is 0.400. The van der Waals surface area contributed by atoms with E-state index in [2.05, 4.69) is 4.98 Å². The van der Waals surface area contributed by atoms with E-state index in [0.717, 1.165) is 38.8 Å². The maximum Gasteiger partial charge on any atom is 0.275 e. The van der Waals surface area contributed by atoms with E-state index in [4.69, 9.17) is 4.42 Å². The van der Waals surface area contributed by atoms with Crippen molar-refractivity contribution < 1.29 is 14.0 Å². The standard InChI is InChI=1S/C16H23N3O3/c1-10-13(16(21)18(2)3)17-14(22-10)11-6-8-19(9-7-11)15(20)12-4-5-12/h11-12H,4-9H2,1-3H3. The summed E-state index contributed by atoms with van der Waals surface area (Å²) < 4.78 is 5.72. The molecule has 0 aromatic carbocycles. The highest BCUT2D eigenvalue weighted by Crippen LogP contribution is 2.34. The van der Waals surface area contributed by atoms with Crippen molar-refractivity contribution in [3.8, 4) is 0 Å². The number of hydrogen-bond acceptors (Lipinski definition) is 4. The van der Waals surface area contributed by atoms with E-state index in [1.165, 1.54) is 4.90 Å². The number of piperidine rings is 1. The van der Waals surface area contributed by atoms with E-state index in [9.17, 15) is 9.59 Å². The van der Waals surface area contributed by atoms with Crippen LogP contribution in [-0.4, -0.2) is 53.8 Å². The number of aryl methyl sites for hydroxylation is 1. The Morgan fingerprint density at radius 3 is 2.36 bits per heavy atom. The lowest BCUT2D eigenvalue weighted by atomic mass is 9.96. The van der Waals surface area contributed by atoms with Gasteiger partial charge in [0.25, 0.3) is 5.91 Å². The third kappa shape index (κ3) is 2.87. The number of rotatable bonds is 3. The Morgan fingerprint density at radius 2 is 1.82 bits per heavy atom. The molecule has 0 atom stereocenters. The Morgan fingerprint density at radius 1 is 1.18 bits per heavy atom. The molecule has 1 saturated carbocycles. The number of carbonyl (C=O) groups excluding carboxylic acids is 2. The van der Waals surface area contributed by atoms with Crippen LogP contribution in [0.15, 0.2) is 4.42 Å². The van der Waals surface area contributed by atoms with Crippen LogP contribution in [0.3, 0.4) is 0 Å². The Bertz CT molecular complexity index is 581. The lowest BCUT2D eigenvalue weighted by Gasteiger charge is -2.30. The topological polar surface area (TPSA) is 66.7 Å². The van der Waals surface area contributed by atoms with Gasteiger partial charge in [-0.15, -0.1) is 0 Å². The summed E-state index contributed by atoms with van der Waals surface area (Å²) in [6, 6.07) is 0. The molecule has 2 aliphatic rings. The van der Waals surface area contributed by atoms with Gasteiger partial charge in [0.15, 0.2) is 11.6 Å². The van der Waals surface area contributed by atoms with Gasteiger partial charge < -0.3 is 14.2 Å². The molecule has 3 rings (SSSR count). The maximum absolute atomic E-state index is 12.1. The van der Waals surface area contributed by atoms with Crippen LogP contribution in [0.4, 0.5) is 0 Å². The molecule has 0 unspecified atom stereocenters. The van der Waals surface area contributed by atoms with Crippen molar-refractivity contribution >= 4 is 11.8 Å². The Balaban J connectivity index is 1.65. The Kier molecular flexibility index (Phi) is 3.93. The zero-order valence-electron chi connectivity index (χ0n) is 13.5. The van der Waals surface area contributed by atoms with Crippen LogP contribution in [0, 0.1) is 12.8 Å². The van der Waals surface area contributed by atoms with Gasteiger partial charge in [0.05, 0.1) is 0 Å². The highest BCUT2D eigenvalue weighted by atomic mass is 16.4. The minimum atomic E-state index is -0.131. The smallest absolute Gasteiger partial charge is 0.275 e. The fraction of sp³-hybridized carbons (Fsp3) is 0.688. The maximum atomic E-state index is 12.1. The Labute approximate surface area is 130 Å². The van der Waals surface area contributed by atoms with Crippen molar-refractivity contribution in [3.63, 3.8) is 0 Å². The molecule has 22 heavy (non-hydrogen) atoms.